The van der Waals surface area contributed by atoms with Crippen molar-refractivity contribution in [3.63, 3.8) is 0 Å². The Hall–Kier alpha value is -2.39. The fourth-order valence-corrected chi connectivity index (χ4v) is 2.52. The molecule has 6 heteroatoms. The predicted octanol–water partition coefficient (Wildman–Crippen LogP) is 2.46. The van der Waals surface area contributed by atoms with Crippen molar-refractivity contribution in [3.8, 4) is 17.3 Å². The lowest BCUT2D eigenvalue weighted by Gasteiger charge is -2.08. The number of sulfone groups is 1. The number of hydrogen-bond acceptors (Lipinski definition) is 5. The molecular formula is C15H15N3O2S. The summed E-state index contributed by atoms with van der Waals surface area (Å²) in [7, 11) is -3.21. The molecule has 0 aliphatic rings. The SMILES string of the molecule is CCNc1nc(-c2ccc(S(C)(=O)=O)cc2)ccc1C#N. The van der Waals surface area contributed by atoms with Gasteiger partial charge in [0.05, 0.1) is 16.2 Å². The highest BCUT2D eigenvalue weighted by molar-refractivity contribution is 7.90. The van der Waals surface area contributed by atoms with Crippen molar-refractivity contribution in [2.24, 2.45) is 0 Å². The van der Waals surface area contributed by atoms with E-state index in [1.54, 1.807) is 36.4 Å². The highest BCUT2D eigenvalue weighted by atomic mass is 32.2. The first-order chi connectivity index (χ1) is 9.95. The average Bonchev–Trinajstić information content (AvgIpc) is 2.47. The van der Waals surface area contributed by atoms with E-state index in [2.05, 4.69) is 16.4 Å². The van der Waals surface area contributed by atoms with Crippen LogP contribution < -0.4 is 5.32 Å². The topological polar surface area (TPSA) is 82.8 Å². The van der Waals surface area contributed by atoms with Crippen LogP contribution in [-0.2, 0) is 9.84 Å². The molecule has 2 rings (SSSR count). The lowest BCUT2D eigenvalue weighted by atomic mass is 10.1. The molecule has 5 nitrogen and oxygen atoms in total. The molecule has 21 heavy (non-hydrogen) atoms. The van der Waals surface area contributed by atoms with Gasteiger partial charge in [0.25, 0.3) is 0 Å². The van der Waals surface area contributed by atoms with E-state index in [-0.39, 0.29) is 4.90 Å². The maximum Gasteiger partial charge on any atom is 0.175 e. The fourth-order valence-electron chi connectivity index (χ4n) is 1.89. The van der Waals surface area contributed by atoms with E-state index in [4.69, 9.17) is 5.26 Å². The van der Waals surface area contributed by atoms with Crippen LogP contribution in [0.2, 0.25) is 0 Å². The van der Waals surface area contributed by atoms with Crippen LogP contribution in [0.3, 0.4) is 0 Å². The zero-order chi connectivity index (χ0) is 15.5. The zero-order valence-corrected chi connectivity index (χ0v) is 12.6. The summed E-state index contributed by atoms with van der Waals surface area (Å²) in [4.78, 5) is 4.68. The normalized spacial score (nSPS) is 10.9. The maximum absolute atomic E-state index is 11.4. The van der Waals surface area contributed by atoms with Crippen LogP contribution in [0.25, 0.3) is 11.3 Å². The molecule has 0 fully saturated rings. The van der Waals surface area contributed by atoms with Crippen LogP contribution in [0.4, 0.5) is 5.82 Å². The quantitative estimate of drug-likeness (QED) is 0.938. The summed E-state index contributed by atoms with van der Waals surface area (Å²) in [6.07, 6.45) is 1.17. The third kappa shape index (κ3) is 3.38. The molecule has 1 heterocycles. The van der Waals surface area contributed by atoms with Crippen LogP contribution in [0.1, 0.15) is 12.5 Å². The molecule has 1 N–H and O–H groups in total. The number of aromatic nitrogens is 1. The molecule has 1 aromatic carbocycles. The Morgan fingerprint density at radius 2 is 1.86 bits per heavy atom. The number of benzene rings is 1. The van der Waals surface area contributed by atoms with E-state index in [1.807, 2.05) is 6.92 Å². The van der Waals surface area contributed by atoms with Gasteiger partial charge in [0.1, 0.15) is 11.9 Å². The lowest BCUT2D eigenvalue weighted by Crippen LogP contribution is -2.02. The molecule has 0 aliphatic carbocycles. The summed E-state index contributed by atoms with van der Waals surface area (Å²) >= 11 is 0. The van der Waals surface area contributed by atoms with E-state index >= 15 is 0 Å². The van der Waals surface area contributed by atoms with Crippen molar-refractivity contribution >= 4 is 15.7 Å². The molecule has 1 aromatic heterocycles. The number of rotatable bonds is 4. The van der Waals surface area contributed by atoms with Crippen molar-refractivity contribution in [2.75, 3.05) is 18.1 Å². The van der Waals surface area contributed by atoms with Crippen LogP contribution in [0.15, 0.2) is 41.3 Å². The van der Waals surface area contributed by atoms with Crippen molar-refractivity contribution in [1.29, 1.82) is 5.26 Å². The molecule has 108 valence electrons. The molecule has 0 spiro atoms. The number of hydrogen-bond donors (Lipinski definition) is 1. The van der Waals surface area contributed by atoms with Gasteiger partial charge in [0.15, 0.2) is 9.84 Å². The number of anilines is 1. The van der Waals surface area contributed by atoms with Gasteiger partial charge in [-0.1, -0.05) is 12.1 Å². The van der Waals surface area contributed by atoms with Crippen molar-refractivity contribution in [2.45, 2.75) is 11.8 Å². The van der Waals surface area contributed by atoms with Crippen LogP contribution in [0, 0.1) is 11.3 Å². The minimum absolute atomic E-state index is 0.270. The average molecular weight is 301 g/mol. The van der Waals surface area contributed by atoms with Gasteiger partial charge in [0.2, 0.25) is 0 Å². The summed E-state index contributed by atoms with van der Waals surface area (Å²) in [6.45, 7) is 2.59. The second kappa shape index (κ2) is 5.94. The van der Waals surface area contributed by atoms with Gasteiger partial charge in [-0.2, -0.15) is 5.26 Å². The van der Waals surface area contributed by atoms with Crippen LogP contribution in [-0.4, -0.2) is 26.2 Å². The van der Waals surface area contributed by atoms with Crippen LogP contribution in [0.5, 0.6) is 0 Å². The van der Waals surface area contributed by atoms with E-state index in [0.29, 0.717) is 23.6 Å². The summed E-state index contributed by atoms with van der Waals surface area (Å²) in [5.74, 6) is 0.532. The summed E-state index contributed by atoms with van der Waals surface area (Å²) in [5.41, 5.74) is 1.96. The second-order valence-corrected chi connectivity index (χ2v) is 6.55. The fraction of sp³-hybridized carbons (Fsp3) is 0.200. The molecule has 0 unspecified atom stereocenters. The minimum atomic E-state index is -3.21. The maximum atomic E-state index is 11.4. The molecule has 0 bridgehead atoms. The first kappa shape index (κ1) is 15.0. The second-order valence-electron chi connectivity index (χ2n) is 4.53. The van der Waals surface area contributed by atoms with Crippen molar-refractivity contribution in [1.82, 2.24) is 4.98 Å². The van der Waals surface area contributed by atoms with Crippen molar-refractivity contribution < 1.29 is 8.42 Å². The first-order valence-electron chi connectivity index (χ1n) is 6.41. The Bertz CT molecular complexity index is 791. The molecule has 0 aliphatic heterocycles. The standard InChI is InChI=1S/C15H15N3O2S/c1-3-17-15-12(10-16)6-9-14(18-15)11-4-7-13(8-5-11)21(2,19)20/h4-9H,3H2,1-2H3,(H,17,18). The number of nitriles is 1. The molecule has 0 atom stereocenters. The predicted molar refractivity (Wildman–Crippen MR) is 81.7 cm³/mol. The molecule has 2 aromatic rings. The highest BCUT2D eigenvalue weighted by Crippen LogP contribution is 2.23. The summed E-state index contributed by atoms with van der Waals surface area (Å²) in [5, 5.41) is 12.1. The largest absolute Gasteiger partial charge is 0.369 e. The third-order valence-corrected chi connectivity index (χ3v) is 4.07. The van der Waals surface area contributed by atoms with Gasteiger partial charge in [-0.15, -0.1) is 0 Å². The van der Waals surface area contributed by atoms with Crippen LogP contribution >= 0.6 is 0 Å². The smallest absolute Gasteiger partial charge is 0.175 e. The van der Waals surface area contributed by atoms with Gasteiger partial charge >= 0.3 is 0 Å². The van der Waals surface area contributed by atoms with Crippen molar-refractivity contribution in [3.05, 3.63) is 42.0 Å². The molecule has 0 saturated heterocycles. The molecular weight excluding hydrogens is 286 g/mol. The molecule has 0 radical (unpaired) electrons. The number of nitrogens with one attached hydrogen (secondary N) is 1. The zero-order valence-electron chi connectivity index (χ0n) is 11.8. The number of nitrogens with zero attached hydrogens (tertiary/aromatic N) is 2. The number of pyridine rings is 1. The highest BCUT2D eigenvalue weighted by Gasteiger charge is 2.09. The van der Waals surface area contributed by atoms with E-state index in [0.717, 1.165) is 5.56 Å². The Balaban J connectivity index is 2.43. The Morgan fingerprint density at radius 1 is 1.19 bits per heavy atom. The summed E-state index contributed by atoms with van der Waals surface area (Å²) in [6, 6.07) is 12.1. The first-order valence-corrected chi connectivity index (χ1v) is 8.30. The van der Waals surface area contributed by atoms with Gasteiger partial charge < -0.3 is 5.32 Å². The van der Waals surface area contributed by atoms with Gasteiger partial charge in [-0.25, -0.2) is 13.4 Å². The summed E-state index contributed by atoms with van der Waals surface area (Å²) < 4.78 is 22.9. The van der Waals surface area contributed by atoms with E-state index < -0.39 is 9.84 Å². The van der Waals surface area contributed by atoms with E-state index in [9.17, 15) is 8.42 Å². The van der Waals surface area contributed by atoms with Gasteiger partial charge in [-0.3, -0.25) is 0 Å². The van der Waals surface area contributed by atoms with E-state index in [1.165, 1.54) is 6.26 Å². The Kier molecular flexibility index (Phi) is 4.24. The lowest BCUT2D eigenvalue weighted by molar-refractivity contribution is 0.602. The minimum Gasteiger partial charge on any atom is -0.369 e. The monoisotopic (exact) mass is 301 g/mol. The van der Waals surface area contributed by atoms with Gasteiger partial charge in [0, 0.05) is 18.4 Å². The van der Waals surface area contributed by atoms with Gasteiger partial charge in [-0.05, 0) is 31.2 Å². The Morgan fingerprint density at radius 3 is 2.38 bits per heavy atom. The third-order valence-electron chi connectivity index (χ3n) is 2.94. The Labute approximate surface area is 124 Å². The molecule has 0 amide bonds. The molecule has 0 saturated carbocycles.